The van der Waals surface area contributed by atoms with Gasteiger partial charge in [-0.3, -0.25) is 14.3 Å². The molecule has 0 radical (unpaired) electrons. The molecule has 2 amide bonds. The average molecular weight is 402 g/mol. The Bertz CT molecular complexity index is 799. The van der Waals surface area contributed by atoms with Gasteiger partial charge in [0.25, 0.3) is 5.91 Å². The largest absolute Gasteiger partial charge is 0.494 e. The van der Waals surface area contributed by atoms with Crippen LogP contribution in [0.5, 0.6) is 5.75 Å². The van der Waals surface area contributed by atoms with Crippen LogP contribution in [0, 0.1) is 5.92 Å². The molecule has 0 bridgehead atoms. The van der Waals surface area contributed by atoms with E-state index in [1.165, 1.54) is 0 Å². The van der Waals surface area contributed by atoms with Crippen molar-refractivity contribution in [2.45, 2.75) is 33.4 Å². The van der Waals surface area contributed by atoms with Gasteiger partial charge in [-0.25, -0.2) is 0 Å². The number of amides is 2. The van der Waals surface area contributed by atoms with Crippen molar-refractivity contribution in [2.75, 3.05) is 32.6 Å². The summed E-state index contributed by atoms with van der Waals surface area (Å²) >= 11 is 0. The smallest absolute Gasteiger partial charge is 0.251 e. The van der Waals surface area contributed by atoms with Gasteiger partial charge in [-0.05, 0) is 51.2 Å². The molecule has 2 N–H and O–H groups in total. The van der Waals surface area contributed by atoms with Gasteiger partial charge in [0.2, 0.25) is 5.91 Å². The van der Waals surface area contributed by atoms with Gasteiger partial charge < -0.3 is 20.3 Å². The zero-order chi connectivity index (χ0) is 21.4. The summed E-state index contributed by atoms with van der Waals surface area (Å²) in [5.74, 6) is 0.0499. The summed E-state index contributed by atoms with van der Waals surface area (Å²) < 4.78 is 7.17. The SMILES string of the molecule is CCOc1ccc(C(=O)NC(C(=O)Nc2cnn(CCN(C)C)c2)C(C)C)cc1. The van der Waals surface area contributed by atoms with Crippen LogP contribution in [-0.4, -0.2) is 59.8 Å². The molecule has 1 atom stereocenters. The fourth-order valence-electron chi connectivity index (χ4n) is 2.70. The van der Waals surface area contributed by atoms with Crippen LogP contribution in [0.2, 0.25) is 0 Å². The Labute approximate surface area is 172 Å². The molecule has 29 heavy (non-hydrogen) atoms. The van der Waals surface area contributed by atoms with Crippen molar-refractivity contribution in [3.05, 3.63) is 42.2 Å². The molecule has 0 spiro atoms. The van der Waals surface area contributed by atoms with Crippen LogP contribution in [0.3, 0.4) is 0 Å². The van der Waals surface area contributed by atoms with Crippen molar-refractivity contribution in [3.63, 3.8) is 0 Å². The molecule has 2 rings (SSSR count). The summed E-state index contributed by atoms with van der Waals surface area (Å²) in [5, 5.41) is 9.92. The number of anilines is 1. The molecule has 0 saturated heterocycles. The van der Waals surface area contributed by atoms with Gasteiger partial charge >= 0.3 is 0 Å². The molecule has 1 unspecified atom stereocenters. The zero-order valence-corrected chi connectivity index (χ0v) is 17.8. The third-order valence-corrected chi connectivity index (χ3v) is 4.34. The first-order valence-electron chi connectivity index (χ1n) is 9.82. The fraction of sp³-hybridized carbons (Fsp3) is 0.476. The number of nitrogens with one attached hydrogen (secondary N) is 2. The number of ether oxygens (including phenoxy) is 1. The molecule has 0 aliphatic heterocycles. The first-order valence-corrected chi connectivity index (χ1v) is 9.82. The topological polar surface area (TPSA) is 88.5 Å². The van der Waals surface area contributed by atoms with Crippen LogP contribution in [0.25, 0.3) is 0 Å². The molecule has 1 aromatic heterocycles. The number of carbonyl (C=O) groups excluding carboxylic acids is 2. The van der Waals surface area contributed by atoms with Gasteiger partial charge in [0.15, 0.2) is 0 Å². The number of hydrogen-bond donors (Lipinski definition) is 2. The molecule has 0 aliphatic rings. The lowest BCUT2D eigenvalue weighted by molar-refractivity contribution is -0.118. The molecule has 2 aromatic rings. The van der Waals surface area contributed by atoms with Crippen LogP contribution >= 0.6 is 0 Å². The summed E-state index contributed by atoms with van der Waals surface area (Å²) in [6.45, 7) is 7.82. The maximum atomic E-state index is 12.7. The van der Waals surface area contributed by atoms with Crippen molar-refractivity contribution < 1.29 is 14.3 Å². The Morgan fingerprint density at radius 3 is 2.48 bits per heavy atom. The minimum absolute atomic E-state index is 0.0783. The third-order valence-electron chi connectivity index (χ3n) is 4.34. The molecule has 0 saturated carbocycles. The molecule has 0 fully saturated rings. The van der Waals surface area contributed by atoms with E-state index in [1.807, 2.05) is 34.9 Å². The van der Waals surface area contributed by atoms with Gasteiger partial charge in [-0.1, -0.05) is 13.8 Å². The highest BCUT2D eigenvalue weighted by Gasteiger charge is 2.25. The first kappa shape index (κ1) is 22.4. The minimum atomic E-state index is -0.667. The molecule has 1 aromatic carbocycles. The lowest BCUT2D eigenvalue weighted by Crippen LogP contribution is -2.47. The number of rotatable bonds is 10. The van der Waals surface area contributed by atoms with E-state index in [9.17, 15) is 9.59 Å². The van der Waals surface area contributed by atoms with E-state index >= 15 is 0 Å². The van der Waals surface area contributed by atoms with Crippen LogP contribution < -0.4 is 15.4 Å². The number of nitrogens with zero attached hydrogens (tertiary/aromatic N) is 3. The molecular formula is C21H31N5O3. The number of carbonyl (C=O) groups is 2. The predicted molar refractivity (Wildman–Crippen MR) is 113 cm³/mol. The molecule has 8 nitrogen and oxygen atoms in total. The van der Waals surface area contributed by atoms with Gasteiger partial charge in [-0.15, -0.1) is 0 Å². The maximum Gasteiger partial charge on any atom is 0.251 e. The number of benzene rings is 1. The number of aromatic nitrogens is 2. The lowest BCUT2D eigenvalue weighted by atomic mass is 10.0. The van der Waals surface area contributed by atoms with E-state index in [-0.39, 0.29) is 17.7 Å². The van der Waals surface area contributed by atoms with Gasteiger partial charge in [-0.2, -0.15) is 5.10 Å². The highest BCUT2D eigenvalue weighted by atomic mass is 16.5. The first-order chi connectivity index (χ1) is 13.8. The monoisotopic (exact) mass is 401 g/mol. The van der Waals surface area contributed by atoms with E-state index < -0.39 is 6.04 Å². The van der Waals surface area contributed by atoms with Gasteiger partial charge in [0.1, 0.15) is 11.8 Å². The second-order valence-corrected chi connectivity index (χ2v) is 7.44. The Kier molecular flexibility index (Phi) is 8.21. The van der Waals surface area contributed by atoms with E-state index in [0.717, 1.165) is 13.1 Å². The summed E-state index contributed by atoms with van der Waals surface area (Å²) in [7, 11) is 3.99. The van der Waals surface area contributed by atoms with Crippen LogP contribution in [0.15, 0.2) is 36.7 Å². The van der Waals surface area contributed by atoms with E-state index in [2.05, 4.69) is 20.6 Å². The predicted octanol–water partition coefficient (Wildman–Crippen LogP) is 2.24. The second-order valence-electron chi connectivity index (χ2n) is 7.44. The Hall–Kier alpha value is -2.87. The Morgan fingerprint density at radius 2 is 1.90 bits per heavy atom. The van der Waals surface area contributed by atoms with E-state index in [0.29, 0.717) is 23.6 Å². The normalized spacial score (nSPS) is 12.1. The molecular weight excluding hydrogens is 370 g/mol. The summed E-state index contributed by atoms with van der Waals surface area (Å²) in [6.07, 6.45) is 3.40. The summed E-state index contributed by atoms with van der Waals surface area (Å²) in [5.41, 5.74) is 1.08. The summed E-state index contributed by atoms with van der Waals surface area (Å²) in [6, 6.07) is 6.18. The van der Waals surface area contributed by atoms with E-state index in [1.54, 1.807) is 41.3 Å². The highest BCUT2D eigenvalue weighted by Crippen LogP contribution is 2.14. The average Bonchev–Trinajstić information content (AvgIpc) is 3.12. The van der Waals surface area contributed by atoms with Crippen molar-refractivity contribution >= 4 is 17.5 Å². The quantitative estimate of drug-likeness (QED) is 0.637. The summed E-state index contributed by atoms with van der Waals surface area (Å²) in [4.78, 5) is 27.4. The highest BCUT2D eigenvalue weighted by molar-refractivity contribution is 6.01. The molecule has 0 aliphatic carbocycles. The number of likely N-dealkylation sites (N-methyl/N-ethyl adjacent to an activating group) is 1. The zero-order valence-electron chi connectivity index (χ0n) is 17.8. The van der Waals surface area contributed by atoms with Crippen molar-refractivity contribution in [3.8, 4) is 5.75 Å². The number of hydrogen-bond acceptors (Lipinski definition) is 5. The van der Waals surface area contributed by atoms with Crippen molar-refractivity contribution in [1.82, 2.24) is 20.0 Å². The lowest BCUT2D eigenvalue weighted by Gasteiger charge is -2.21. The van der Waals surface area contributed by atoms with Crippen LogP contribution in [-0.2, 0) is 11.3 Å². The fourth-order valence-corrected chi connectivity index (χ4v) is 2.70. The Morgan fingerprint density at radius 1 is 1.21 bits per heavy atom. The van der Waals surface area contributed by atoms with Crippen LogP contribution in [0.4, 0.5) is 5.69 Å². The standard InChI is InChI=1S/C21H31N5O3/c1-6-29-18-9-7-16(8-10-18)20(27)24-19(15(2)3)21(28)23-17-13-22-26(14-17)12-11-25(4)5/h7-10,13-15,19H,6,11-12H2,1-5H3,(H,23,28)(H,24,27). The molecule has 1 heterocycles. The molecule has 8 heteroatoms. The van der Waals surface area contributed by atoms with E-state index in [4.69, 9.17) is 4.74 Å². The minimum Gasteiger partial charge on any atom is -0.494 e. The van der Waals surface area contributed by atoms with Crippen molar-refractivity contribution in [2.24, 2.45) is 5.92 Å². The Balaban J connectivity index is 1.99. The van der Waals surface area contributed by atoms with Gasteiger partial charge in [0, 0.05) is 18.3 Å². The van der Waals surface area contributed by atoms with Crippen LogP contribution in [0.1, 0.15) is 31.1 Å². The third kappa shape index (κ3) is 6.90. The molecule has 158 valence electrons. The maximum absolute atomic E-state index is 12.7. The van der Waals surface area contributed by atoms with Crippen molar-refractivity contribution in [1.29, 1.82) is 0 Å². The van der Waals surface area contributed by atoms with Gasteiger partial charge in [0.05, 0.1) is 25.0 Å². The second kappa shape index (κ2) is 10.6.